The lowest BCUT2D eigenvalue weighted by Gasteiger charge is -2.13. The molecule has 2 rings (SSSR count). The number of aliphatic imine (C=N–C) groups is 1. The minimum Gasteiger partial charge on any atom is -0.387 e. The van der Waals surface area contributed by atoms with Crippen LogP contribution in [0.2, 0.25) is 0 Å². The summed E-state index contributed by atoms with van der Waals surface area (Å²) in [5.74, 6) is 0. The van der Waals surface area contributed by atoms with Crippen LogP contribution in [0.25, 0.3) is 0 Å². The molecule has 1 aliphatic heterocycles. The van der Waals surface area contributed by atoms with E-state index in [1.165, 1.54) is 11.1 Å². The molecule has 16 heavy (non-hydrogen) atoms. The molecule has 3 heteroatoms. The summed E-state index contributed by atoms with van der Waals surface area (Å²) in [7, 11) is 0. The molecule has 0 fully saturated rings. The van der Waals surface area contributed by atoms with Gasteiger partial charge in [-0.3, -0.25) is 4.99 Å². The molecule has 0 saturated heterocycles. The van der Waals surface area contributed by atoms with Crippen molar-refractivity contribution in [1.82, 2.24) is 5.32 Å². The number of hydrogen-bond donors (Lipinski definition) is 1. The highest BCUT2D eigenvalue weighted by Crippen LogP contribution is 2.36. The third kappa shape index (κ3) is 2.47. The Hall–Kier alpha value is -1.22. The number of hydrogen-bond acceptors (Lipinski definition) is 3. The Morgan fingerprint density at radius 1 is 1.44 bits per heavy atom. The lowest BCUT2D eigenvalue weighted by molar-refractivity contribution is 0.740. The fourth-order valence-electron chi connectivity index (χ4n) is 1.76. The second kappa shape index (κ2) is 5.21. The van der Waals surface area contributed by atoms with Gasteiger partial charge in [0.1, 0.15) is 0 Å². The summed E-state index contributed by atoms with van der Waals surface area (Å²) in [6.45, 7) is 6.64. The lowest BCUT2D eigenvalue weighted by atomic mass is 10.0. The largest absolute Gasteiger partial charge is 0.387 e. The summed E-state index contributed by atoms with van der Waals surface area (Å²) in [5, 5.41) is 3.58. The summed E-state index contributed by atoms with van der Waals surface area (Å²) in [6, 6.07) is 9.11. The molecular formula is C13H16N2S. The topological polar surface area (TPSA) is 24.4 Å². The van der Waals surface area contributed by atoms with Crippen molar-refractivity contribution in [2.75, 3.05) is 0 Å². The Bertz CT molecular complexity index is 383. The maximum absolute atomic E-state index is 4.38. The maximum Gasteiger partial charge on any atom is 0.0640 e. The van der Waals surface area contributed by atoms with E-state index < -0.39 is 0 Å². The first-order valence-electron chi connectivity index (χ1n) is 5.41. The summed E-state index contributed by atoms with van der Waals surface area (Å²) >= 11 is 1.80. The molecule has 0 amide bonds. The third-order valence-corrected chi connectivity index (χ3v) is 3.90. The molecule has 1 aromatic rings. The fraction of sp³-hybridized carbons (Fsp3) is 0.308. The van der Waals surface area contributed by atoms with Gasteiger partial charge in [0, 0.05) is 6.54 Å². The van der Waals surface area contributed by atoms with Gasteiger partial charge in [-0.1, -0.05) is 30.8 Å². The van der Waals surface area contributed by atoms with Crippen molar-refractivity contribution in [2.45, 2.75) is 24.8 Å². The van der Waals surface area contributed by atoms with Gasteiger partial charge >= 0.3 is 0 Å². The molecule has 0 radical (unpaired) electrons. The van der Waals surface area contributed by atoms with Gasteiger partial charge in [0.25, 0.3) is 0 Å². The zero-order valence-electron chi connectivity index (χ0n) is 9.39. The van der Waals surface area contributed by atoms with Gasteiger partial charge in [-0.15, -0.1) is 11.8 Å². The van der Waals surface area contributed by atoms with E-state index in [0.29, 0.717) is 11.3 Å². The van der Waals surface area contributed by atoms with Gasteiger partial charge in [-0.25, -0.2) is 0 Å². The van der Waals surface area contributed by atoms with Crippen LogP contribution in [0, 0.1) is 0 Å². The molecule has 2 atom stereocenters. The molecule has 1 aromatic carbocycles. The summed E-state index contributed by atoms with van der Waals surface area (Å²) in [4.78, 5) is 4.38. The number of nitrogens with one attached hydrogen (secondary N) is 1. The Morgan fingerprint density at radius 2 is 2.19 bits per heavy atom. The van der Waals surface area contributed by atoms with Crippen molar-refractivity contribution in [3.8, 4) is 0 Å². The van der Waals surface area contributed by atoms with Crippen molar-refractivity contribution >= 4 is 17.3 Å². The van der Waals surface area contributed by atoms with Gasteiger partial charge in [0.2, 0.25) is 0 Å². The average molecular weight is 232 g/mol. The lowest BCUT2D eigenvalue weighted by Crippen LogP contribution is -2.06. The van der Waals surface area contributed by atoms with Crippen LogP contribution in [0.5, 0.6) is 0 Å². The standard InChI is InChI=1S/C13H16N2S/c1-3-14-8-11-4-6-12(7-5-11)13-10(2)15-9-16-13/h3-7,9-10,13-14H,1,8H2,2H3. The molecule has 1 heterocycles. The number of benzene rings is 1. The molecule has 0 spiro atoms. The highest BCUT2D eigenvalue weighted by Gasteiger charge is 2.22. The molecule has 1 aliphatic rings. The normalized spacial score (nSPS) is 23.3. The molecule has 84 valence electrons. The van der Waals surface area contributed by atoms with Gasteiger partial charge in [-0.2, -0.15) is 0 Å². The number of rotatable bonds is 4. The Kier molecular flexibility index (Phi) is 3.67. The van der Waals surface area contributed by atoms with Crippen molar-refractivity contribution in [3.63, 3.8) is 0 Å². The second-order valence-corrected chi connectivity index (χ2v) is 4.87. The zero-order valence-corrected chi connectivity index (χ0v) is 10.2. The van der Waals surface area contributed by atoms with Crippen LogP contribution in [0.15, 0.2) is 42.0 Å². The van der Waals surface area contributed by atoms with E-state index in [1.54, 1.807) is 18.0 Å². The first-order chi connectivity index (χ1) is 7.81. The predicted molar refractivity (Wildman–Crippen MR) is 71.8 cm³/mol. The molecule has 0 bridgehead atoms. The van der Waals surface area contributed by atoms with Crippen LogP contribution in [0.1, 0.15) is 23.3 Å². The first-order valence-corrected chi connectivity index (χ1v) is 6.36. The zero-order chi connectivity index (χ0) is 11.4. The molecule has 2 nitrogen and oxygen atoms in total. The first kappa shape index (κ1) is 11.3. The number of nitrogens with zero attached hydrogens (tertiary/aromatic N) is 1. The van der Waals surface area contributed by atoms with E-state index in [1.807, 2.05) is 5.55 Å². The van der Waals surface area contributed by atoms with E-state index in [2.05, 4.69) is 48.1 Å². The van der Waals surface area contributed by atoms with Crippen molar-refractivity contribution in [2.24, 2.45) is 4.99 Å². The summed E-state index contributed by atoms with van der Waals surface area (Å²) in [6.07, 6.45) is 1.72. The molecule has 1 N–H and O–H groups in total. The van der Waals surface area contributed by atoms with Crippen molar-refractivity contribution < 1.29 is 0 Å². The Morgan fingerprint density at radius 3 is 2.75 bits per heavy atom. The van der Waals surface area contributed by atoms with E-state index in [4.69, 9.17) is 0 Å². The van der Waals surface area contributed by atoms with Crippen LogP contribution < -0.4 is 5.32 Å². The van der Waals surface area contributed by atoms with E-state index >= 15 is 0 Å². The number of thioether (sulfide) groups is 1. The van der Waals surface area contributed by atoms with Gasteiger partial charge in [-0.05, 0) is 24.3 Å². The van der Waals surface area contributed by atoms with Gasteiger partial charge in [0.05, 0.1) is 16.8 Å². The monoisotopic (exact) mass is 232 g/mol. The predicted octanol–water partition coefficient (Wildman–Crippen LogP) is 3.12. The van der Waals surface area contributed by atoms with Crippen LogP contribution in [0.4, 0.5) is 0 Å². The minimum atomic E-state index is 0.391. The summed E-state index contributed by atoms with van der Waals surface area (Å²) in [5.41, 5.74) is 4.60. The summed E-state index contributed by atoms with van der Waals surface area (Å²) < 4.78 is 0. The van der Waals surface area contributed by atoms with E-state index in [9.17, 15) is 0 Å². The Balaban J connectivity index is 2.04. The minimum absolute atomic E-state index is 0.391. The molecule has 2 unspecified atom stereocenters. The molecular weight excluding hydrogens is 216 g/mol. The van der Waals surface area contributed by atoms with Gasteiger partial charge < -0.3 is 5.32 Å². The van der Waals surface area contributed by atoms with E-state index in [-0.39, 0.29) is 0 Å². The van der Waals surface area contributed by atoms with Crippen LogP contribution in [0.3, 0.4) is 0 Å². The second-order valence-electron chi connectivity index (χ2n) is 3.88. The van der Waals surface area contributed by atoms with Crippen molar-refractivity contribution in [1.29, 1.82) is 0 Å². The molecule has 0 saturated carbocycles. The SMILES string of the molecule is C=CNCc1ccc(C2SC=NC2C)cc1. The Labute approximate surface area is 101 Å². The van der Waals surface area contributed by atoms with Crippen LogP contribution in [-0.2, 0) is 6.54 Å². The molecule has 0 aromatic heterocycles. The van der Waals surface area contributed by atoms with Crippen LogP contribution in [-0.4, -0.2) is 11.6 Å². The quantitative estimate of drug-likeness (QED) is 0.862. The highest BCUT2D eigenvalue weighted by atomic mass is 32.2. The van der Waals surface area contributed by atoms with Gasteiger partial charge in [0.15, 0.2) is 0 Å². The maximum atomic E-state index is 4.38. The fourth-order valence-corrected chi connectivity index (χ4v) is 2.77. The smallest absolute Gasteiger partial charge is 0.0640 e. The average Bonchev–Trinajstić information content (AvgIpc) is 2.74. The third-order valence-electron chi connectivity index (χ3n) is 2.70. The molecule has 0 aliphatic carbocycles. The van der Waals surface area contributed by atoms with Crippen molar-refractivity contribution in [3.05, 3.63) is 48.2 Å². The van der Waals surface area contributed by atoms with E-state index in [0.717, 1.165) is 6.54 Å². The highest BCUT2D eigenvalue weighted by molar-refractivity contribution is 8.12. The van der Waals surface area contributed by atoms with Crippen LogP contribution >= 0.6 is 11.8 Å².